The van der Waals surface area contributed by atoms with E-state index in [-0.39, 0.29) is 5.91 Å². The fourth-order valence-electron chi connectivity index (χ4n) is 1.81. The van der Waals surface area contributed by atoms with Gasteiger partial charge in [-0.2, -0.15) is 0 Å². The molecular formula is C15H23N3OS. The molecule has 0 aromatic carbocycles. The molecule has 0 saturated heterocycles. The number of rotatable bonds is 7. The number of hydrogen-bond acceptors (Lipinski definition) is 4. The number of nitrogens with two attached hydrogens (primary N) is 1. The van der Waals surface area contributed by atoms with Gasteiger partial charge in [-0.05, 0) is 32.1 Å². The SMILES string of the molecule is CCN(CC)CCCNC(=O)c1csc(C#CCN)c1. The summed E-state index contributed by atoms with van der Waals surface area (Å²) in [6, 6.07) is 1.81. The summed E-state index contributed by atoms with van der Waals surface area (Å²) in [5, 5.41) is 4.77. The van der Waals surface area contributed by atoms with Crippen molar-refractivity contribution >= 4 is 17.2 Å². The topological polar surface area (TPSA) is 58.4 Å². The van der Waals surface area contributed by atoms with E-state index < -0.39 is 0 Å². The first-order valence-corrected chi connectivity index (χ1v) is 7.87. The average molecular weight is 293 g/mol. The number of nitrogens with one attached hydrogen (secondary N) is 1. The molecule has 1 aromatic heterocycles. The van der Waals surface area contributed by atoms with Gasteiger partial charge in [0.1, 0.15) is 0 Å². The molecule has 0 spiro atoms. The van der Waals surface area contributed by atoms with Crippen molar-refractivity contribution in [3.8, 4) is 11.8 Å². The van der Waals surface area contributed by atoms with E-state index in [1.54, 1.807) is 0 Å². The van der Waals surface area contributed by atoms with E-state index in [4.69, 9.17) is 5.73 Å². The molecule has 0 aliphatic carbocycles. The lowest BCUT2D eigenvalue weighted by Gasteiger charge is -2.17. The Morgan fingerprint density at radius 2 is 2.20 bits per heavy atom. The molecule has 5 heteroatoms. The van der Waals surface area contributed by atoms with Crippen molar-refractivity contribution in [2.45, 2.75) is 20.3 Å². The lowest BCUT2D eigenvalue weighted by Crippen LogP contribution is -2.29. The molecule has 20 heavy (non-hydrogen) atoms. The number of carbonyl (C=O) groups excluding carboxylic acids is 1. The molecule has 0 aliphatic rings. The summed E-state index contributed by atoms with van der Waals surface area (Å²) in [7, 11) is 0. The molecule has 3 N–H and O–H groups in total. The predicted octanol–water partition coefficient (Wildman–Crippen LogP) is 1.52. The number of nitrogens with zero attached hydrogens (tertiary/aromatic N) is 1. The zero-order valence-electron chi connectivity index (χ0n) is 12.2. The van der Waals surface area contributed by atoms with Crippen LogP contribution in [0.25, 0.3) is 0 Å². The first-order valence-electron chi connectivity index (χ1n) is 6.99. The third-order valence-corrected chi connectivity index (χ3v) is 3.85. The summed E-state index contributed by atoms with van der Waals surface area (Å²) >= 11 is 1.47. The molecular weight excluding hydrogens is 270 g/mol. The van der Waals surface area contributed by atoms with Gasteiger partial charge in [-0.25, -0.2) is 0 Å². The maximum atomic E-state index is 11.9. The van der Waals surface area contributed by atoms with Crippen LogP contribution in [0.5, 0.6) is 0 Å². The molecule has 1 aromatic rings. The number of carbonyl (C=O) groups is 1. The van der Waals surface area contributed by atoms with Crippen LogP contribution in [0.2, 0.25) is 0 Å². The summed E-state index contributed by atoms with van der Waals surface area (Å²) in [6.45, 7) is 8.47. The maximum absolute atomic E-state index is 11.9. The van der Waals surface area contributed by atoms with Gasteiger partial charge in [-0.1, -0.05) is 25.7 Å². The fourth-order valence-corrected chi connectivity index (χ4v) is 2.56. The van der Waals surface area contributed by atoms with Gasteiger partial charge in [0, 0.05) is 11.9 Å². The van der Waals surface area contributed by atoms with Crippen molar-refractivity contribution in [1.29, 1.82) is 0 Å². The molecule has 0 saturated carbocycles. The fraction of sp³-hybridized carbons (Fsp3) is 0.533. The van der Waals surface area contributed by atoms with Gasteiger partial charge in [0.15, 0.2) is 0 Å². The third-order valence-electron chi connectivity index (χ3n) is 3.01. The number of thiophene rings is 1. The second-order valence-corrected chi connectivity index (χ2v) is 5.25. The van der Waals surface area contributed by atoms with Crippen molar-refractivity contribution in [2.24, 2.45) is 5.73 Å². The van der Waals surface area contributed by atoms with Crippen LogP contribution in [-0.4, -0.2) is 43.5 Å². The molecule has 0 bridgehead atoms. The average Bonchev–Trinajstić information content (AvgIpc) is 2.94. The number of amides is 1. The van der Waals surface area contributed by atoms with E-state index in [0.717, 1.165) is 30.9 Å². The monoisotopic (exact) mass is 293 g/mol. The highest BCUT2D eigenvalue weighted by Gasteiger charge is 2.07. The van der Waals surface area contributed by atoms with Crippen molar-refractivity contribution in [1.82, 2.24) is 10.2 Å². The molecule has 1 heterocycles. The van der Waals surface area contributed by atoms with Crippen LogP contribution in [0, 0.1) is 11.8 Å². The van der Waals surface area contributed by atoms with Crippen molar-refractivity contribution < 1.29 is 4.79 Å². The quantitative estimate of drug-likeness (QED) is 0.592. The highest BCUT2D eigenvalue weighted by Crippen LogP contribution is 2.13. The molecule has 0 unspecified atom stereocenters. The van der Waals surface area contributed by atoms with Gasteiger partial charge in [0.2, 0.25) is 0 Å². The first kappa shape index (κ1) is 16.7. The summed E-state index contributed by atoms with van der Waals surface area (Å²) in [5.74, 6) is 5.69. The normalized spacial score (nSPS) is 10.2. The molecule has 110 valence electrons. The van der Waals surface area contributed by atoms with E-state index in [9.17, 15) is 4.79 Å². The molecule has 0 fully saturated rings. The molecule has 0 aliphatic heterocycles. The van der Waals surface area contributed by atoms with Crippen LogP contribution in [0.1, 0.15) is 35.5 Å². The van der Waals surface area contributed by atoms with Gasteiger partial charge < -0.3 is 16.0 Å². The largest absolute Gasteiger partial charge is 0.352 e. The Bertz CT molecular complexity index is 469. The van der Waals surface area contributed by atoms with E-state index in [0.29, 0.717) is 18.7 Å². The first-order chi connectivity index (χ1) is 9.71. The third kappa shape index (κ3) is 5.74. The van der Waals surface area contributed by atoms with Crippen molar-refractivity contribution in [3.63, 3.8) is 0 Å². The van der Waals surface area contributed by atoms with Crippen molar-refractivity contribution in [2.75, 3.05) is 32.7 Å². The lowest BCUT2D eigenvalue weighted by atomic mass is 10.3. The van der Waals surface area contributed by atoms with Crippen LogP contribution in [-0.2, 0) is 0 Å². The predicted molar refractivity (Wildman–Crippen MR) is 85.0 cm³/mol. The summed E-state index contributed by atoms with van der Waals surface area (Å²) < 4.78 is 0. The van der Waals surface area contributed by atoms with E-state index in [2.05, 4.69) is 35.9 Å². The standard InChI is InChI=1S/C15H23N3OS/c1-3-18(4-2)10-6-9-17-15(19)13-11-14(20-12-13)7-5-8-16/h11-12H,3-4,6,8-10,16H2,1-2H3,(H,17,19). The van der Waals surface area contributed by atoms with Crippen LogP contribution in [0.3, 0.4) is 0 Å². The minimum Gasteiger partial charge on any atom is -0.352 e. The Kier molecular flexibility index (Phi) is 7.97. The Labute approximate surface area is 125 Å². The Hall–Kier alpha value is -1.35. The van der Waals surface area contributed by atoms with Crippen LogP contribution in [0.15, 0.2) is 11.4 Å². The molecule has 0 radical (unpaired) electrons. The number of hydrogen-bond donors (Lipinski definition) is 2. The Morgan fingerprint density at radius 3 is 2.85 bits per heavy atom. The van der Waals surface area contributed by atoms with Gasteiger partial charge in [0.05, 0.1) is 17.0 Å². The summed E-state index contributed by atoms with van der Waals surface area (Å²) in [6.07, 6.45) is 0.970. The molecule has 0 atom stereocenters. The van der Waals surface area contributed by atoms with E-state index >= 15 is 0 Å². The minimum atomic E-state index is -0.0263. The van der Waals surface area contributed by atoms with E-state index in [1.165, 1.54) is 11.3 Å². The van der Waals surface area contributed by atoms with Gasteiger partial charge in [-0.15, -0.1) is 11.3 Å². The summed E-state index contributed by atoms with van der Waals surface area (Å²) in [4.78, 5) is 15.1. The van der Waals surface area contributed by atoms with E-state index in [1.807, 2.05) is 11.4 Å². The van der Waals surface area contributed by atoms with Crippen LogP contribution >= 0.6 is 11.3 Å². The van der Waals surface area contributed by atoms with Gasteiger partial charge in [0.25, 0.3) is 5.91 Å². The molecule has 1 amide bonds. The second kappa shape index (κ2) is 9.54. The van der Waals surface area contributed by atoms with Gasteiger partial charge in [-0.3, -0.25) is 4.79 Å². The lowest BCUT2D eigenvalue weighted by molar-refractivity contribution is 0.0952. The van der Waals surface area contributed by atoms with Gasteiger partial charge >= 0.3 is 0 Å². The Balaban J connectivity index is 2.34. The molecule has 1 rings (SSSR count). The smallest absolute Gasteiger partial charge is 0.252 e. The second-order valence-electron chi connectivity index (χ2n) is 4.34. The van der Waals surface area contributed by atoms with Crippen LogP contribution < -0.4 is 11.1 Å². The highest BCUT2D eigenvalue weighted by atomic mass is 32.1. The van der Waals surface area contributed by atoms with Crippen molar-refractivity contribution in [3.05, 3.63) is 21.9 Å². The zero-order chi connectivity index (χ0) is 14.8. The Morgan fingerprint density at radius 1 is 1.45 bits per heavy atom. The highest BCUT2D eigenvalue weighted by molar-refractivity contribution is 7.10. The maximum Gasteiger partial charge on any atom is 0.252 e. The minimum absolute atomic E-state index is 0.0263. The molecule has 4 nitrogen and oxygen atoms in total. The summed E-state index contributed by atoms with van der Waals surface area (Å²) in [5.41, 5.74) is 6.00. The zero-order valence-corrected chi connectivity index (χ0v) is 13.1. The van der Waals surface area contributed by atoms with Crippen LogP contribution in [0.4, 0.5) is 0 Å².